The quantitative estimate of drug-likeness (QED) is 0.219. The molecule has 0 unspecified atom stereocenters. The van der Waals surface area contributed by atoms with E-state index in [0.717, 1.165) is 50.0 Å². The smallest absolute Gasteiger partial charge is 0.175 e. The molecule has 44 heavy (non-hydrogen) atoms. The highest BCUT2D eigenvalue weighted by molar-refractivity contribution is 7.91. The van der Waals surface area contributed by atoms with Gasteiger partial charge in [0.25, 0.3) is 0 Å². The maximum absolute atomic E-state index is 12.7. The summed E-state index contributed by atoms with van der Waals surface area (Å²) in [7, 11) is -6.78. The van der Waals surface area contributed by atoms with E-state index in [9.17, 15) is 21.9 Å². The summed E-state index contributed by atoms with van der Waals surface area (Å²) >= 11 is 0. The van der Waals surface area contributed by atoms with E-state index in [1.165, 1.54) is 12.5 Å². The second-order valence-electron chi connectivity index (χ2n) is 12.3. The van der Waals surface area contributed by atoms with E-state index in [1.807, 2.05) is 54.6 Å². The van der Waals surface area contributed by atoms with Crippen LogP contribution in [0.15, 0.2) is 101 Å². The molecule has 3 aromatic carbocycles. The van der Waals surface area contributed by atoms with Gasteiger partial charge < -0.3 is 5.11 Å². The molecule has 5 rings (SSSR count). The summed E-state index contributed by atoms with van der Waals surface area (Å²) in [4.78, 5) is 9.52. The second-order valence-corrected chi connectivity index (χ2v) is 16.9. The third kappa shape index (κ3) is 6.31. The Kier molecular flexibility index (Phi) is 8.03. The summed E-state index contributed by atoms with van der Waals surface area (Å²) in [6.07, 6.45) is 8.28. The molecule has 0 aliphatic carbocycles. The van der Waals surface area contributed by atoms with Crippen LogP contribution in [-0.2, 0) is 24.4 Å². The Morgan fingerprint density at radius 3 is 2.20 bits per heavy atom. The molecule has 1 aliphatic heterocycles. The van der Waals surface area contributed by atoms with Crippen molar-refractivity contribution in [1.29, 1.82) is 0 Å². The normalized spacial score (nSPS) is 14.9. The topological polar surface area (TPSA) is 114 Å². The molecule has 0 spiro atoms. The monoisotopic (exact) mass is 628 g/mol. The van der Waals surface area contributed by atoms with Crippen molar-refractivity contribution in [3.05, 3.63) is 107 Å². The fraction of sp³-hybridized carbons (Fsp3) is 0.257. The summed E-state index contributed by atoms with van der Waals surface area (Å²) in [6, 6.07) is 22.2. The standard InChI is InChI=1S/C35H36N2O5S2/c1-34(2,38)28-21-32(37-22-28)30(24-12-14-29(15-13-24)43(5,39)40)18-23-9-7-10-25(17-23)31-20-27(35(3,4)44(6,41)42)19-26-11-8-16-36-33(26)31/h7-20,22,38H,21H2,1-6H3/b30-18-. The Balaban J connectivity index is 1.65. The minimum absolute atomic E-state index is 0.225. The summed E-state index contributed by atoms with van der Waals surface area (Å²) in [5, 5.41) is 11.5. The molecule has 0 saturated carbocycles. The summed E-state index contributed by atoms with van der Waals surface area (Å²) in [5.74, 6) is 0. The molecule has 2 heterocycles. The average Bonchev–Trinajstić information content (AvgIpc) is 3.45. The van der Waals surface area contributed by atoms with Crippen LogP contribution in [0.25, 0.3) is 33.7 Å². The van der Waals surface area contributed by atoms with Crippen LogP contribution in [0.4, 0.5) is 0 Å². The van der Waals surface area contributed by atoms with Gasteiger partial charge in [0.2, 0.25) is 0 Å². The van der Waals surface area contributed by atoms with Crippen molar-refractivity contribution in [3.8, 4) is 11.1 Å². The molecule has 0 atom stereocenters. The van der Waals surface area contributed by atoms with Gasteiger partial charge in [-0.15, -0.1) is 0 Å². The van der Waals surface area contributed by atoms with Gasteiger partial charge in [0.15, 0.2) is 19.7 Å². The number of benzene rings is 3. The lowest BCUT2D eigenvalue weighted by Gasteiger charge is -2.24. The van der Waals surface area contributed by atoms with Gasteiger partial charge in [0.1, 0.15) is 0 Å². The number of sulfone groups is 2. The number of aromatic nitrogens is 1. The van der Waals surface area contributed by atoms with Gasteiger partial charge in [-0.25, -0.2) is 16.8 Å². The van der Waals surface area contributed by atoms with Crippen LogP contribution in [0.1, 0.15) is 50.8 Å². The van der Waals surface area contributed by atoms with Gasteiger partial charge in [-0.05, 0) is 98.0 Å². The average molecular weight is 629 g/mol. The first kappa shape index (κ1) is 31.5. The van der Waals surface area contributed by atoms with Gasteiger partial charge in [0, 0.05) is 47.9 Å². The Hall–Kier alpha value is -3.92. The van der Waals surface area contributed by atoms with Crippen LogP contribution in [-0.4, -0.2) is 50.8 Å². The number of hydrogen-bond acceptors (Lipinski definition) is 7. The first-order chi connectivity index (χ1) is 20.4. The van der Waals surface area contributed by atoms with E-state index in [2.05, 4.69) is 9.98 Å². The minimum atomic E-state index is -3.42. The zero-order valence-electron chi connectivity index (χ0n) is 25.7. The predicted molar refractivity (Wildman–Crippen MR) is 179 cm³/mol. The highest BCUT2D eigenvalue weighted by Gasteiger charge is 2.33. The second kappa shape index (κ2) is 11.2. The molecule has 0 radical (unpaired) electrons. The van der Waals surface area contributed by atoms with E-state index in [4.69, 9.17) is 0 Å². The summed E-state index contributed by atoms with van der Waals surface area (Å²) < 4.78 is 48.6. The predicted octanol–water partition coefficient (Wildman–Crippen LogP) is 6.63. The highest BCUT2D eigenvalue weighted by Crippen LogP contribution is 2.37. The van der Waals surface area contributed by atoms with E-state index >= 15 is 0 Å². The lowest BCUT2D eigenvalue weighted by Crippen LogP contribution is -2.28. The van der Waals surface area contributed by atoms with Crippen LogP contribution >= 0.6 is 0 Å². The summed E-state index contributed by atoms with van der Waals surface area (Å²) in [6.45, 7) is 6.87. The molecule has 0 fully saturated rings. The fourth-order valence-corrected chi connectivity index (χ4v) is 6.29. The molecule has 4 aromatic rings. The van der Waals surface area contributed by atoms with E-state index < -0.39 is 30.0 Å². The molecule has 1 aromatic heterocycles. The van der Waals surface area contributed by atoms with E-state index in [-0.39, 0.29) is 4.90 Å². The molecule has 228 valence electrons. The summed E-state index contributed by atoms with van der Waals surface area (Å²) in [5.41, 5.74) is 6.06. The van der Waals surface area contributed by atoms with Gasteiger partial charge >= 0.3 is 0 Å². The van der Waals surface area contributed by atoms with Crippen molar-refractivity contribution in [1.82, 2.24) is 4.98 Å². The van der Waals surface area contributed by atoms with Crippen LogP contribution in [0.3, 0.4) is 0 Å². The van der Waals surface area contributed by atoms with E-state index in [0.29, 0.717) is 12.0 Å². The Morgan fingerprint density at radius 2 is 1.59 bits per heavy atom. The molecule has 1 aliphatic rings. The molecule has 0 bridgehead atoms. The third-order valence-corrected chi connectivity index (χ3v) is 11.5. The zero-order chi connectivity index (χ0) is 32.1. The van der Waals surface area contributed by atoms with Crippen LogP contribution in [0.5, 0.6) is 0 Å². The molecular weight excluding hydrogens is 593 g/mol. The molecule has 1 N–H and O–H groups in total. The number of hydrogen-bond donors (Lipinski definition) is 1. The van der Waals surface area contributed by atoms with Gasteiger partial charge in [0.05, 0.1) is 26.5 Å². The van der Waals surface area contributed by atoms with Crippen molar-refractivity contribution in [2.75, 3.05) is 12.5 Å². The molecular formula is C35H36N2O5S2. The first-order valence-electron chi connectivity index (χ1n) is 14.2. The van der Waals surface area contributed by atoms with Crippen molar-refractivity contribution in [2.45, 2.75) is 49.4 Å². The molecule has 0 amide bonds. The first-order valence-corrected chi connectivity index (χ1v) is 17.9. The van der Waals surface area contributed by atoms with Gasteiger partial charge in [-0.1, -0.05) is 36.4 Å². The lowest BCUT2D eigenvalue weighted by molar-refractivity contribution is 0.118. The Labute approximate surface area is 259 Å². The number of rotatable bonds is 8. The number of fused-ring (bicyclic) bond motifs is 1. The van der Waals surface area contributed by atoms with Crippen molar-refractivity contribution in [2.24, 2.45) is 4.99 Å². The van der Waals surface area contributed by atoms with Gasteiger partial charge in [-0.3, -0.25) is 9.98 Å². The van der Waals surface area contributed by atoms with E-state index in [1.54, 1.807) is 64.4 Å². The van der Waals surface area contributed by atoms with Gasteiger partial charge in [-0.2, -0.15) is 0 Å². The highest BCUT2D eigenvalue weighted by atomic mass is 32.2. The number of aliphatic imine (C=N–C) groups is 1. The molecule has 0 saturated heterocycles. The molecule has 7 nitrogen and oxygen atoms in total. The fourth-order valence-electron chi connectivity index (χ4n) is 5.12. The van der Waals surface area contributed by atoms with Crippen LogP contribution < -0.4 is 0 Å². The maximum atomic E-state index is 12.7. The third-order valence-electron chi connectivity index (χ3n) is 8.26. The molecule has 9 heteroatoms. The van der Waals surface area contributed by atoms with Crippen molar-refractivity contribution >= 4 is 47.9 Å². The maximum Gasteiger partial charge on any atom is 0.175 e. The number of allylic oxidation sites excluding steroid dienone is 1. The van der Waals surface area contributed by atoms with Crippen molar-refractivity contribution in [3.63, 3.8) is 0 Å². The zero-order valence-corrected chi connectivity index (χ0v) is 27.3. The number of nitrogens with zero attached hydrogens (tertiary/aromatic N) is 2. The SMILES string of the molecule is CC(C)(O)C1=CN=C(/C(=C\c2cccc(-c3cc(C(C)(C)S(C)(=O)=O)cc4cccnc34)c2)c2ccc(S(C)(=O)=O)cc2)C1. The van der Waals surface area contributed by atoms with Crippen molar-refractivity contribution < 1.29 is 21.9 Å². The minimum Gasteiger partial charge on any atom is -0.386 e. The van der Waals surface area contributed by atoms with Crippen LogP contribution in [0.2, 0.25) is 0 Å². The Bertz CT molecular complexity index is 2080. The lowest BCUT2D eigenvalue weighted by atomic mass is 9.90. The van der Waals surface area contributed by atoms with Crippen LogP contribution in [0, 0.1) is 0 Å². The number of pyridine rings is 1. The largest absolute Gasteiger partial charge is 0.386 e. The Morgan fingerprint density at radius 1 is 0.886 bits per heavy atom. The number of aliphatic hydroxyl groups is 1.